The first kappa shape index (κ1) is 19.2. The van der Waals surface area contributed by atoms with Crippen molar-refractivity contribution in [3.05, 3.63) is 42.2 Å². The van der Waals surface area contributed by atoms with Crippen LogP contribution in [-0.4, -0.2) is 65.4 Å². The van der Waals surface area contributed by atoms with Crippen LogP contribution in [0.15, 0.2) is 36.7 Å². The summed E-state index contributed by atoms with van der Waals surface area (Å²) in [6, 6.07) is 8.03. The van der Waals surface area contributed by atoms with E-state index in [2.05, 4.69) is 22.2 Å². The van der Waals surface area contributed by atoms with Gasteiger partial charge in [-0.1, -0.05) is 6.07 Å². The van der Waals surface area contributed by atoms with Crippen LogP contribution in [0.2, 0.25) is 0 Å². The summed E-state index contributed by atoms with van der Waals surface area (Å²) in [6.07, 6.45) is 6.24. The minimum atomic E-state index is -0.0600. The fraction of sp³-hybridized carbons (Fsp3) is 0.500. The average molecular weight is 371 g/mol. The summed E-state index contributed by atoms with van der Waals surface area (Å²) < 4.78 is 7.05. The summed E-state index contributed by atoms with van der Waals surface area (Å²) in [5, 5.41) is 7.43. The number of amides is 2. The van der Waals surface area contributed by atoms with Gasteiger partial charge in [-0.05, 0) is 45.0 Å². The molecule has 0 aliphatic carbocycles. The molecule has 2 aromatic rings. The molecule has 1 aromatic heterocycles. The molecule has 1 N–H and O–H groups in total. The van der Waals surface area contributed by atoms with Gasteiger partial charge in [0.2, 0.25) is 0 Å². The van der Waals surface area contributed by atoms with E-state index in [1.54, 1.807) is 29.9 Å². The summed E-state index contributed by atoms with van der Waals surface area (Å²) in [5.74, 6) is 0.785. The zero-order chi connectivity index (χ0) is 19.2. The van der Waals surface area contributed by atoms with Crippen LogP contribution in [-0.2, 0) is 6.54 Å². The summed E-state index contributed by atoms with van der Waals surface area (Å²) in [4.78, 5) is 16.5. The Labute approximate surface area is 160 Å². The Morgan fingerprint density at radius 2 is 2.15 bits per heavy atom. The first-order valence-corrected chi connectivity index (χ1v) is 9.48. The number of benzene rings is 1. The van der Waals surface area contributed by atoms with Crippen LogP contribution < -0.4 is 10.1 Å². The molecule has 0 spiro atoms. The minimum absolute atomic E-state index is 0.0600. The van der Waals surface area contributed by atoms with Crippen molar-refractivity contribution in [3.63, 3.8) is 0 Å². The second kappa shape index (κ2) is 8.90. The maximum Gasteiger partial charge on any atom is 0.317 e. The van der Waals surface area contributed by atoms with E-state index in [0.717, 1.165) is 30.1 Å². The number of carbonyl (C=O) groups excluding carboxylic acids is 1. The molecular weight excluding hydrogens is 342 g/mol. The number of aromatic nitrogens is 2. The van der Waals surface area contributed by atoms with Crippen molar-refractivity contribution in [2.45, 2.75) is 32.4 Å². The molecule has 0 radical (unpaired) electrons. The van der Waals surface area contributed by atoms with Crippen LogP contribution in [0.4, 0.5) is 4.79 Å². The molecule has 2 heterocycles. The predicted octanol–water partition coefficient (Wildman–Crippen LogP) is 2.51. The van der Waals surface area contributed by atoms with Gasteiger partial charge in [0.1, 0.15) is 5.75 Å². The average Bonchev–Trinajstić information content (AvgIpc) is 3.38. The van der Waals surface area contributed by atoms with Crippen LogP contribution in [0.3, 0.4) is 0 Å². The summed E-state index contributed by atoms with van der Waals surface area (Å²) in [7, 11) is 3.45. The number of hydrogen-bond donors (Lipinski definition) is 1. The maximum absolute atomic E-state index is 12.4. The van der Waals surface area contributed by atoms with E-state index in [-0.39, 0.29) is 6.03 Å². The van der Waals surface area contributed by atoms with Crippen molar-refractivity contribution < 1.29 is 9.53 Å². The third-order valence-corrected chi connectivity index (χ3v) is 5.03. The number of rotatable bonds is 7. The first-order valence-electron chi connectivity index (χ1n) is 9.48. The Balaban J connectivity index is 1.52. The van der Waals surface area contributed by atoms with Crippen molar-refractivity contribution in [2.24, 2.45) is 0 Å². The van der Waals surface area contributed by atoms with Gasteiger partial charge >= 0.3 is 6.03 Å². The number of ether oxygens (including phenoxy) is 1. The van der Waals surface area contributed by atoms with Crippen LogP contribution in [0.1, 0.15) is 25.3 Å². The maximum atomic E-state index is 12.4. The molecule has 1 aromatic carbocycles. The quantitative estimate of drug-likeness (QED) is 0.812. The van der Waals surface area contributed by atoms with Gasteiger partial charge in [-0.15, -0.1) is 0 Å². The van der Waals surface area contributed by atoms with Gasteiger partial charge in [0.15, 0.2) is 0 Å². The molecule has 146 valence electrons. The lowest BCUT2D eigenvalue weighted by Gasteiger charge is -2.25. The highest BCUT2D eigenvalue weighted by Gasteiger charge is 2.19. The van der Waals surface area contributed by atoms with E-state index < -0.39 is 0 Å². The van der Waals surface area contributed by atoms with E-state index in [1.807, 2.05) is 30.5 Å². The van der Waals surface area contributed by atoms with E-state index in [4.69, 9.17) is 4.74 Å². The Bertz CT molecular complexity index is 754. The van der Waals surface area contributed by atoms with Crippen LogP contribution in [0.5, 0.6) is 5.75 Å². The van der Waals surface area contributed by atoms with E-state index >= 15 is 0 Å². The van der Waals surface area contributed by atoms with Crippen molar-refractivity contribution in [3.8, 4) is 11.4 Å². The van der Waals surface area contributed by atoms with Gasteiger partial charge < -0.3 is 15.0 Å². The molecule has 27 heavy (non-hydrogen) atoms. The fourth-order valence-electron chi connectivity index (χ4n) is 3.36. The second-order valence-corrected chi connectivity index (χ2v) is 7.13. The monoisotopic (exact) mass is 371 g/mol. The van der Waals surface area contributed by atoms with Crippen molar-refractivity contribution in [1.29, 1.82) is 0 Å². The second-order valence-electron chi connectivity index (χ2n) is 7.13. The molecule has 1 atom stereocenters. The lowest BCUT2D eigenvalue weighted by molar-refractivity contribution is 0.198. The lowest BCUT2D eigenvalue weighted by Crippen LogP contribution is -2.44. The Morgan fingerprint density at radius 1 is 1.37 bits per heavy atom. The van der Waals surface area contributed by atoms with E-state index in [0.29, 0.717) is 19.1 Å². The first-order chi connectivity index (χ1) is 13.1. The number of carbonyl (C=O) groups is 1. The van der Waals surface area contributed by atoms with E-state index in [9.17, 15) is 4.79 Å². The molecule has 3 rings (SSSR count). The topological polar surface area (TPSA) is 62.6 Å². The number of nitrogens with one attached hydrogen (secondary N) is 1. The molecule has 1 aliphatic rings. The van der Waals surface area contributed by atoms with Crippen LogP contribution in [0, 0.1) is 0 Å². The van der Waals surface area contributed by atoms with Gasteiger partial charge in [0.05, 0.1) is 25.5 Å². The lowest BCUT2D eigenvalue weighted by atomic mass is 10.3. The van der Waals surface area contributed by atoms with Gasteiger partial charge in [-0.3, -0.25) is 4.90 Å². The minimum Gasteiger partial charge on any atom is -0.497 e. The Hall–Kier alpha value is -2.54. The molecule has 1 saturated heterocycles. The molecule has 0 saturated carbocycles. The highest BCUT2D eigenvalue weighted by molar-refractivity contribution is 5.73. The highest BCUT2D eigenvalue weighted by atomic mass is 16.5. The molecule has 7 heteroatoms. The third-order valence-electron chi connectivity index (χ3n) is 5.03. The number of hydrogen-bond acceptors (Lipinski definition) is 4. The van der Waals surface area contributed by atoms with Gasteiger partial charge in [0, 0.05) is 37.5 Å². The van der Waals surface area contributed by atoms with E-state index in [1.165, 1.54) is 12.8 Å². The molecule has 1 unspecified atom stereocenters. The van der Waals surface area contributed by atoms with Gasteiger partial charge in [-0.25, -0.2) is 9.48 Å². The summed E-state index contributed by atoms with van der Waals surface area (Å²) in [6.45, 7) is 5.62. The smallest absolute Gasteiger partial charge is 0.317 e. The van der Waals surface area contributed by atoms with Crippen molar-refractivity contribution in [2.75, 3.05) is 33.8 Å². The summed E-state index contributed by atoms with van der Waals surface area (Å²) in [5.41, 5.74) is 1.90. The number of nitrogens with zero attached hydrogens (tertiary/aromatic N) is 4. The molecular formula is C20H29N5O2. The largest absolute Gasteiger partial charge is 0.497 e. The van der Waals surface area contributed by atoms with Crippen LogP contribution >= 0.6 is 0 Å². The van der Waals surface area contributed by atoms with Crippen LogP contribution in [0.25, 0.3) is 5.69 Å². The molecule has 7 nitrogen and oxygen atoms in total. The SMILES string of the molecule is COc1cccc(-n2cc(CN(C)C(=O)NCC(C)N3CCCC3)cn2)c1. The third kappa shape index (κ3) is 5.01. The molecule has 1 fully saturated rings. The van der Waals surface area contributed by atoms with Gasteiger partial charge in [-0.2, -0.15) is 5.10 Å². The predicted molar refractivity (Wildman–Crippen MR) is 105 cm³/mol. The molecule has 1 aliphatic heterocycles. The normalized spacial score (nSPS) is 15.5. The highest BCUT2D eigenvalue weighted by Crippen LogP contribution is 2.16. The zero-order valence-electron chi connectivity index (χ0n) is 16.4. The summed E-state index contributed by atoms with van der Waals surface area (Å²) >= 11 is 0. The molecule has 2 amide bonds. The number of likely N-dealkylation sites (tertiary alicyclic amines) is 1. The molecule has 0 bridgehead atoms. The Kier molecular flexibility index (Phi) is 6.34. The number of methoxy groups -OCH3 is 1. The zero-order valence-corrected chi connectivity index (χ0v) is 16.4. The Morgan fingerprint density at radius 3 is 2.89 bits per heavy atom. The standard InChI is InChI=1S/C20H29N5O2/c1-16(24-9-4-5-10-24)12-21-20(26)23(2)14-17-13-22-25(15-17)18-7-6-8-19(11-18)27-3/h6-8,11,13,15-16H,4-5,9-10,12,14H2,1-3H3,(H,21,26). The fourth-order valence-corrected chi connectivity index (χ4v) is 3.36. The van der Waals surface area contributed by atoms with Crippen molar-refractivity contribution in [1.82, 2.24) is 24.9 Å². The number of urea groups is 1. The van der Waals surface area contributed by atoms with Crippen molar-refractivity contribution >= 4 is 6.03 Å². The van der Waals surface area contributed by atoms with Gasteiger partial charge in [0.25, 0.3) is 0 Å².